The number of carbonyl (C=O) groups is 1. The highest BCUT2D eigenvalue weighted by Crippen LogP contribution is 2.18. The Labute approximate surface area is 92.2 Å². The van der Waals surface area contributed by atoms with Gasteiger partial charge < -0.3 is 9.52 Å². The summed E-state index contributed by atoms with van der Waals surface area (Å²) in [4.78, 5) is 14.5. The molecular formula is C12H11NO3. The lowest BCUT2D eigenvalue weighted by Gasteiger charge is -1.92. The summed E-state index contributed by atoms with van der Waals surface area (Å²) in [6.07, 6.45) is 3.28. The number of carboxylic acids is 1. The fraction of sp³-hybridized carbons (Fsp3) is 0.167. The maximum absolute atomic E-state index is 10.3. The van der Waals surface area contributed by atoms with Crippen LogP contribution in [0.3, 0.4) is 0 Å². The highest BCUT2D eigenvalue weighted by molar-refractivity contribution is 5.85. The second-order valence-electron chi connectivity index (χ2n) is 3.38. The van der Waals surface area contributed by atoms with Crippen molar-refractivity contribution in [1.29, 1.82) is 0 Å². The van der Waals surface area contributed by atoms with Gasteiger partial charge in [0.2, 0.25) is 5.89 Å². The van der Waals surface area contributed by atoms with Gasteiger partial charge in [0, 0.05) is 12.2 Å². The first-order chi connectivity index (χ1) is 7.69. The van der Waals surface area contributed by atoms with Crippen LogP contribution >= 0.6 is 0 Å². The van der Waals surface area contributed by atoms with Crippen LogP contribution in [0.25, 0.3) is 17.2 Å². The van der Waals surface area contributed by atoms with Gasteiger partial charge in [-0.05, 0) is 24.1 Å². The molecule has 0 spiro atoms. The monoisotopic (exact) mass is 217 g/mol. The number of aryl methyl sites for hydroxylation is 1. The van der Waals surface area contributed by atoms with E-state index in [1.165, 1.54) is 11.6 Å². The summed E-state index contributed by atoms with van der Waals surface area (Å²) in [6.45, 7) is 2.06. The third-order valence-corrected chi connectivity index (χ3v) is 2.25. The highest BCUT2D eigenvalue weighted by Gasteiger charge is 2.03. The van der Waals surface area contributed by atoms with Crippen LogP contribution in [0.1, 0.15) is 18.4 Å². The molecule has 16 heavy (non-hydrogen) atoms. The number of benzene rings is 1. The van der Waals surface area contributed by atoms with E-state index in [1.807, 2.05) is 18.2 Å². The molecule has 1 heterocycles. The van der Waals surface area contributed by atoms with E-state index in [1.54, 1.807) is 0 Å². The molecule has 4 nitrogen and oxygen atoms in total. The van der Waals surface area contributed by atoms with Crippen molar-refractivity contribution in [3.8, 4) is 0 Å². The Morgan fingerprint density at radius 3 is 3.06 bits per heavy atom. The topological polar surface area (TPSA) is 63.3 Å². The largest absolute Gasteiger partial charge is 0.478 e. The summed E-state index contributed by atoms with van der Waals surface area (Å²) in [7, 11) is 0. The zero-order valence-electron chi connectivity index (χ0n) is 8.80. The minimum absolute atomic E-state index is 0.311. The second kappa shape index (κ2) is 4.18. The molecular weight excluding hydrogens is 206 g/mol. The van der Waals surface area contributed by atoms with Crippen molar-refractivity contribution in [1.82, 2.24) is 4.98 Å². The fourth-order valence-corrected chi connectivity index (χ4v) is 1.42. The Hall–Kier alpha value is -2.10. The van der Waals surface area contributed by atoms with Gasteiger partial charge in [0.15, 0.2) is 5.58 Å². The average Bonchev–Trinajstić information content (AvgIpc) is 2.67. The van der Waals surface area contributed by atoms with Crippen molar-refractivity contribution < 1.29 is 14.3 Å². The molecule has 0 unspecified atom stereocenters. The molecule has 1 aromatic carbocycles. The number of hydrogen-bond donors (Lipinski definition) is 1. The standard InChI is InChI=1S/C12H11NO3/c1-2-8-3-4-10-9(7-8)13-11(16-10)5-6-12(14)15/h3-7H,2H2,1H3,(H,14,15)/b6-5+. The summed E-state index contributed by atoms with van der Waals surface area (Å²) in [6, 6.07) is 5.76. The van der Waals surface area contributed by atoms with Crippen LogP contribution in [-0.2, 0) is 11.2 Å². The minimum Gasteiger partial charge on any atom is -0.478 e. The molecule has 82 valence electrons. The van der Waals surface area contributed by atoms with Crippen LogP contribution in [0.5, 0.6) is 0 Å². The maximum Gasteiger partial charge on any atom is 0.328 e. The van der Waals surface area contributed by atoms with E-state index >= 15 is 0 Å². The van der Waals surface area contributed by atoms with Crippen LogP contribution in [0, 0.1) is 0 Å². The Morgan fingerprint density at radius 1 is 1.56 bits per heavy atom. The molecule has 1 aromatic heterocycles. The molecule has 0 fully saturated rings. The van der Waals surface area contributed by atoms with Gasteiger partial charge in [0.25, 0.3) is 0 Å². The predicted molar refractivity (Wildman–Crippen MR) is 60.1 cm³/mol. The summed E-state index contributed by atoms with van der Waals surface area (Å²) in [5.41, 5.74) is 2.60. The number of aliphatic carboxylic acids is 1. The van der Waals surface area contributed by atoms with Crippen molar-refractivity contribution in [2.45, 2.75) is 13.3 Å². The van der Waals surface area contributed by atoms with Crippen molar-refractivity contribution in [3.05, 3.63) is 35.7 Å². The number of fused-ring (bicyclic) bond motifs is 1. The van der Waals surface area contributed by atoms with Gasteiger partial charge in [0.05, 0.1) is 0 Å². The lowest BCUT2D eigenvalue weighted by atomic mass is 10.1. The van der Waals surface area contributed by atoms with Gasteiger partial charge in [-0.15, -0.1) is 0 Å². The van der Waals surface area contributed by atoms with E-state index in [4.69, 9.17) is 9.52 Å². The average molecular weight is 217 g/mol. The zero-order chi connectivity index (χ0) is 11.5. The fourth-order valence-electron chi connectivity index (χ4n) is 1.42. The molecule has 0 amide bonds. The molecule has 0 radical (unpaired) electrons. The Morgan fingerprint density at radius 2 is 2.38 bits per heavy atom. The van der Waals surface area contributed by atoms with E-state index in [-0.39, 0.29) is 0 Å². The minimum atomic E-state index is -1.02. The third-order valence-electron chi connectivity index (χ3n) is 2.25. The molecule has 2 aromatic rings. The molecule has 0 aliphatic rings. The normalized spacial score (nSPS) is 11.3. The lowest BCUT2D eigenvalue weighted by Crippen LogP contribution is -1.85. The number of oxazole rings is 1. The van der Waals surface area contributed by atoms with Crippen molar-refractivity contribution >= 4 is 23.1 Å². The van der Waals surface area contributed by atoms with Gasteiger partial charge in [-0.2, -0.15) is 0 Å². The number of nitrogens with zero attached hydrogens (tertiary/aromatic N) is 1. The molecule has 0 aliphatic heterocycles. The van der Waals surface area contributed by atoms with E-state index < -0.39 is 5.97 Å². The first-order valence-electron chi connectivity index (χ1n) is 4.99. The Kier molecular flexibility index (Phi) is 2.72. The van der Waals surface area contributed by atoms with Crippen LogP contribution in [0.15, 0.2) is 28.7 Å². The van der Waals surface area contributed by atoms with Crippen LogP contribution in [-0.4, -0.2) is 16.1 Å². The summed E-state index contributed by atoms with van der Waals surface area (Å²) < 4.78 is 5.36. The first kappa shape index (κ1) is 10.4. The van der Waals surface area contributed by atoms with Gasteiger partial charge >= 0.3 is 5.97 Å². The quantitative estimate of drug-likeness (QED) is 0.802. The number of aromatic nitrogens is 1. The van der Waals surface area contributed by atoms with E-state index in [2.05, 4.69) is 11.9 Å². The molecule has 0 saturated carbocycles. The molecule has 0 bridgehead atoms. The zero-order valence-corrected chi connectivity index (χ0v) is 8.80. The molecule has 0 atom stereocenters. The maximum atomic E-state index is 10.3. The summed E-state index contributed by atoms with van der Waals surface area (Å²) in [5, 5.41) is 8.48. The highest BCUT2D eigenvalue weighted by atomic mass is 16.4. The smallest absolute Gasteiger partial charge is 0.328 e. The first-order valence-corrected chi connectivity index (χ1v) is 4.99. The number of rotatable bonds is 3. The van der Waals surface area contributed by atoms with Gasteiger partial charge in [-0.3, -0.25) is 0 Å². The number of carboxylic acid groups (broad SMARTS) is 1. The predicted octanol–water partition coefficient (Wildman–Crippen LogP) is 2.49. The summed E-state index contributed by atoms with van der Waals surface area (Å²) >= 11 is 0. The van der Waals surface area contributed by atoms with Crippen molar-refractivity contribution in [3.63, 3.8) is 0 Å². The molecule has 0 aliphatic carbocycles. The van der Waals surface area contributed by atoms with Crippen molar-refractivity contribution in [2.75, 3.05) is 0 Å². The molecule has 0 saturated heterocycles. The Balaban J connectivity index is 2.40. The van der Waals surface area contributed by atoms with Crippen LogP contribution < -0.4 is 0 Å². The molecule has 2 rings (SSSR count). The number of hydrogen-bond acceptors (Lipinski definition) is 3. The van der Waals surface area contributed by atoms with E-state index in [0.29, 0.717) is 11.5 Å². The summed E-state index contributed by atoms with van der Waals surface area (Å²) in [5.74, 6) is -0.706. The van der Waals surface area contributed by atoms with Crippen molar-refractivity contribution in [2.24, 2.45) is 0 Å². The molecule has 4 heteroatoms. The Bertz CT molecular complexity index is 554. The van der Waals surface area contributed by atoms with Crippen LogP contribution in [0.2, 0.25) is 0 Å². The van der Waals surface area contributed by atoms with Crippen LogP contribution in [0.4, 0.5) is 0 Å². The van der Waals surface area contributed by atoms with E-state index in [9.17, 15) is 4.79 Å². The van der Waals surface area contributed by atoms with E-state index in [0.717, 1.165) is 18.0 Å². The van der Waals surface area contributed by atoms with Gasteiger partial charge in [0.1, 0.15) is 5.52 Å². The third kappa shape index (κ3) is 2.11. The second-order valence-corrected chi connectivity index (χ2v) is 3.38. The van der Waals surface area contributed by atoms with Gasteiger partial charge in [-0.1, -0.05) is 13.0 Å². The SMILES string of the molecule is CCc1ccc2oc(/C=C/C(=O)O)nc2c1. The van der Waals surface area contributed by atoms with Gasteiger partial charge in [-0.25, -0.2) is 9.78 Å². The molecule has 1 N–H and O–H groups in total. The lowest BCUT2D eigenvalue weighted by molar-refractivity contribution is -0.131.